The van der Waals surface area contributed by atoms with Crippen molar-refractivity contribution in [2.75, 3.05) is 13.2 Å². The molecule has 0 bridgehead atoms. The molecule has 1 aliphatic rings. The molecule has 1 nitrogen and oxygen atoms in total. The molecule has 0 amide bonds. The molecule has 0 aromatic heterocycles. The zero-order valence-electron chi connectivity index (χ0n) is 3.81. The fraction of sp³-hybridized carbons (Fsp3) is 1.00. The minimum atomic E-state index is 0. The molecule has 0 aromatic carbocycles. The zero-order chi connectivity index (χ0) is 3.54. The standard InChI is InChI=1S/C4H8O.Y/c1-2-4-5-3-1;/h1-4H2;. The molecule has 0 spiro atoms. The predicted molar refractivity (Wildman–Crippen MR) is 20.1 cm³/mol. The Bertz CT molecular complexity index is 19.1. The second kappa shape index (κ2) is 4.23. The largest absolute Gasteiger partial charge is 0.381 e. The van der Waals surface area contributed by atoms with Gasteiger partial charge in [-0.05, 0) is 12.8 Å². The maximum atomic E-state index is 4.94. The van der Waals surface area contributed by atoms with E-state index < -0.39 is 0 Å². The van der Waals surface area contributed by atoms with Gasteiger partial charge in [-0.3, -0.25) is 0 Å². The van der Waals surface area contributed by atoms with Gasteiger partial charge < -0.3 is 4.74 Å². The third kappa shape index (κ3) is 2.27. The Hall–Kier alpha value is 1.06. The van der Waals surface area contributed by atoms with Gasteiger partial charge in [-0.2, -0.15) is 0 Å². The van der Waals surface area contributed by atoms with Gasteiger partial charge in [0, 0.05) is 45.9 Å². The van der Waals surface area contributed by atoms with E-state index >= 15 is 0 Å². The van der Waals surface area contributed by atoms with Crippen molar-refractivity contribution >= 4 is 0 Å². The Morgan fingerprint density at radius 2 is 1.50 bits per heavy atom. The van der Waals surface area contributed by atoms with Gasteiger partial charge in [-0.1, -0.05) is 0 Å². The predicted octanol–water partition coefficient (Wildman–Crippen LogP) is 0.794. The van der Waals surface area contributed by atoms with Crippen LogP contribution in [0.15, 0.2) is 0 Å². The van der Waals surface area contributed by atoms with Crippen LogP contribution < -0.4 is 0 Å². The Morgan fingerprint density at radius 1 is 1.00 bits per heavy atom. The van der Waals surface area contributed by atoms with Crippen molar-refractivity contribution in [3.05, 3.63) is 0 Å². The van der Waals surface area contributed by atoms with Crippen LogP contribution in [0.1, 0.15) is 12.8 Å². The first-order valence-corrected chi connectivity index (χ1v) is 2.08. The summed E-state index contributed by atoms with van der Waals surface area (Å²) in [6.45, 7) is 2.00. The molecule has 0 N–H and O–H groups in total. The molecule has 33 valence electrons. The van der Waals surface area contributed by atoms with E-state index in [2.05, 4.69) is 0 Å². The molecular formula is C4H8OY. The summed E-state index contributed by atoms with van der Waals surface area (Å²) in [5, 5.41) is 0. The molecule has 0 aliphatic carbocycles. The molecule has 0 aromatic rings. The summed E-state index contributed by atoms with van der Waals surface area (Å²) in [5.41, 5.74) is 0. The van der Waals surface area contributed by atoms with E-state index in [-0.39, 0.29) is 32.7 Å². The fourth-order valence-corrected chi connectivity index (χ4v) is 0.510. The van der Waals surface area contributed by atoms with E-state index in [4.69, 9.17) is 4.74 Å². The van der Waals surface area contributed by atoms with Crippen LogP contribution in [0.3, 0.4) is 0 Å². The SMILES string of the molecule is C1CCOC1.[Y]. The summed E-state index contributed by atoms with van der Waals surface area (Å²) in [6, 6.07) is 0. The van der Waals surface area contributed by atoms with E-state index in [0.29, 0.717) is 0 Å². The molecule has 1 rings (SSSR count). The van der Waals surface area contributed by atoms with Crippen molar-refractivity contribution in [2.24, 2.45) is 0 Å². The molecule has 2 heteroatoms. The van der Waals surface area contributed by atoms with Crippen molar-refractivity contribution < 1.29 is 37.4 Å². The third-order valence-corrected chi connectivity index (χ3v) is 0.827. The first-order valence-electron chi connectivity index (χ1n) is 2.08. The monoisotopic (exact) mass is 161 g/mol. The summed E-state index contributed by atoms with van der Waals surface area (Å²) < 4.78 is 4.94. The van der Waals surface area contributed by atoms with Crippen LogP contribution in [0, 0.1) is 0 Å². The van der Waals surface area contributed by atoms with Crippen molar-refractivity contribution in [1.82, 2.24) is 0 Å². The topological polar surface area (TPSA) is 9.23 Å². The van der Waals surface area contributed by atoms with Crippen molar-refractivity contribution in [3.8, 4) is 0 Å². The summed E-state index contributed by atoms with van der Waals surface area (Å²) in [5.74, 6) is 0. The van der Waals surface area contributed by atoms with E-state index in [0.717, 1.165) is 13.2 Å². The Balaban J connectivity index is 0.000000250. The maximum Gasteiger partial charge on any atom is 0.0466 e. The van der Waals surface area contributed by atoms with Crippen LogP contribution in [0.25, 0.3) is 0 Å². The Labute approximate surface area is 63.3 Å². The molecule has 6 heavy (non-hydrogen) atoms. The first kappa shape index (κ1) is 7.06. The van der Waals surface area contributed by atoms with Crippen molar-refractivity contribution in [1.29, 1.82) is 0 Å². The van der Waals surface area contributed by atoms with Crippen LogP contribution >= 0.6 is 0 Å². The van der Waals surface area contributed by atoms with Gasteiger partial charge in [0.15, 0.2) is 0 Å². The quantitative estimate of drug-likeness (QED) is 0.510. The number of hydrogen-bond acceptors (Lipinski definition) is 1. The van der Waals surface area contributed by atoms with Gasteiger partial charge in [0.25, 0.3) is 0 Å². The van der Waals surface area contributed by atoms with Crippen LogP contribution in [0.2, 0.25) is 0 Å². The second-order valence-corrected chi connectivity index (χ2v) is 1.32. The molecule has 0 unspecified atom stereocenters. The number of rotatable bonds is 0. The minimum Gasteiger partial charge on any atom is -0.381 e. The van der Waals surface area contributed by atoms with Crippen molar-refractivity contribution in [3.63, 3.8) is 0 Å². The number of hydrogen-bond donors (Lipinski definition) is 0. The molecule has 0 saturated carbocycles. The molecule has 1 fully saturated rings. The summed E-state index contributed by atoms with van der Waals surface area (Å²) in [4.78, 5) is 0. The van der Waals surface area contributed by atoms with Crippen LogP contribution in [0.5, 0.6) is 0 Å². The average Bonchev–Trinajstić information content (AvgIpc) is 1.76. The zero-order valence-corrected chi connectivity index (χ0v) is 6.65. The van der Waals surface area contributed by atoms with E-state index in [1.807, 2.05) is 0 Å². The fourth-order valence-electron chi connectivity index (χ4n) is 0.510. The third-order valence-electron chi connectivity index (χ3n) is 0.827. The van der Waals surface area contributed by atoms with E-state index in [9.17, 15) is 0 Å². The van der Waals surface area contributed by atoms with Crippen LogP contribution in [0.4, 0.5) is 0 Å². The summed E-state index contributed by atoms with van der Waals surface area (Å²) in [7, 11) is 0. The van der Waals surface area contributed by atoms with E-state index in [1.54, 1.807) is 0 Å². The van der Waals surface area contributed by atoms with Gasteiger partial charge in [0.1, 0.15) is 0 Å². The minimum absolute atomic E-state index is 0. The summed E-state index contributed by atoms with van der Waals surface area (Å²) >= 11 is 0. The average molecular weight is 161 g/mol. The molecule has 1 saturated heterocycles. The molecule has 1 aliphatic heterocycles. The van der Waals surface area contributed by atoms with Gasteiger partial charge in [-0.15, -0.1) is 0 Å². The van der Waals surface area contributed by atoms with Crippen molar-refractivity contribution in [2.45, 2.75) is 12.8 Å². The Kier molecular flexibility index (Phi) is 4.98. The van der Waals surface area contributed by atoms with Gasteiger partial charge in [-0.25, -0.2) is 0 Å². The molecule has 0 atom stereocenters. The van der Waals surface area contributed by atoms with Gasteiger partial charge in [0.05, 0.1) is 0 Å². The van der Waals surface area contributed by atoms with Gasteiger partial charge >= 0.3 is 0 Å². The Morgan fingerprint density at radius 3 is 1.67 bits per heavy atom. The normalized spacial score (nSPS) is 20.0. The van der Waals surface area contributed by atoms with Gasteiger partial charge in [0.2, 0.25) is 0 Å². The van der Waals surface area contributed by atoms with Crippen LogP contribution in [-0.4, -0.2) is 13.2 Å². The molecule has 1 heterocycles. The van der Waals surface area contributed by atoms with Crippen LogP contribution in [-0.2, 0) is 37.4 Å². The van der Waals surface area contributed by atoms with E-state index in [1.165, 1.54) is 12.8 Å². The molecule has 1 radical (unpaired) electrons. The summed E-state index contributed by atoms with van der Waals surface area (Å²) in [6.07, 6.45) is 2.56. The smallest absolute Gasteiger partial charge is 0.0466 e. The molecular weight excluding hydrogens is 153 g/mol. The maximum absolute atomic E-state index is 4.94. The second-order valence-electron chi connectivity index (χ2n) is 1.32. The number of ether oxygens (including phenoxy) is 1. The first-order chi connectivity index (χ1) is 2.50.